The van der Waals surface area contributed by atoms with Crippen LogP contribution in [0.3, 0.4) is 0 Å². The van der Waals surface area contributed by atoms with Gasteiger partial charge >= 0.3 is 0 Å². The third kappa shape index (κ3) is 3.47. The fraction of sp³-hybridized carbons (Fsp3) is 0.200. The lowest BCUT2D eigenvalue weighted by molar-refractivity contribution is 0.622. The van der Waals surface area contributed by atoms with Crippen LogP contribution in [0.25, 0.3) is 0 Å². The number of benzene rings is 2. The monoisotopic (exact) mass is 297 g/mol. The van der Waals surface area contributed by atoms with Crippen LogP contribution in [-0.4, -0.2) is 0 Å². The number of rotatable bonds is 3. The highest BCUT2D eigenvalue weighted by Gasteiger charge is 2.12. The van der Waals surface area contributed by atoms with Gasteiger partial charge in [-0.15, -0.1) is 0 Å². The average molecular weight is 298 g/mol. The predicted molar refractivity (Wildman–Crippen MR) is 78.2 cm³/mol. The normalized spacial score (nSPS) is 12.5. The lowest BCUT2D eigenvalue weighted by Gasteiger charge is -2.14. The van der Waals surface area contributed by atoms with E-state index in [1.54, 1.807) is 12.1 Å². The molecule has 0 fully saturated rings. The van der Waals surface area contributed by atoms with E-state index in [0.717, 1.165) is 11.1 Å². The van der Waals surface area contributed by atoms with Gasteiger partial charge in [0.1, 0.15) is 5.82 Å². The largest absolute Gasteiger partial charge is 0.324 e. The van der Waals surface area contributed by atoms with Crippen molar-refractivity contribution in [2.45, 2.75) is 19.4 Å². The van der Waals surface area contributed by atoms with Crippen molar-refractivity contribution in [1.82, 2.24) is 0 Å². The van der Waals surface area contributed by atoms with E-state index in [4.69, 9.17) is 28.9 Å². The first-order valence-corrected chi connectivity index (χ1v) is 6.68. The maximum Gasteiger partial charge on any atom is 0.142 e. The summed E-state index contributed by atoms with van der Waals surface area (Å²) >= 11 is 11.9. The van der Waals surface area contributed by atoms with E-state index in [0.29, 0.717) is 17.0 Å². The second kappa shape index (κ2) is 5.91. The average Bonchev–Trinajstić information content (AvgIpc) is 2.33. The molecule has 1 atom stereocenters. The number of aryl methyl sites for hydroxylation is 1. The van der Waals surface area contributed by atoms with Gasteiger partial charge in [-0.25, -0.2) is 4.39 Å². The minimum absolute atomic E-state index is 0.136. The summed E-state index contributed by atoms with van der Waals surface area (Å²) in [7, 11) is 0. The first kappa shape index (κ1) is 14.3. The Balaban J connectivity index is 2.25. The molecule has 2 rings (SSSR count). The Morgan fingerprint density at radius 1 is 1.21 bits per heavy atom. The van der Waals surface area contributed by atoms with Gasteiger partial charge < -0.3 is 5.73 Å². The van der Waals surface area contributed by atoms with Crippen LogP contribution in [0.15, 0.2) is 36.4 Å². The summed E-state index contributed by atoms with van der Waals surface area (Å²) < 4.78 is 13.4. The molecule has 1 unspecified atom stereocenters. The van der Waals surface area contributed by atoms with Crippen LogP contribution in [0.1, 0.15) is 22.7 Å². The van der Waals surface area contributed by atoms with Crippen LogP contribution < -0.4 is 5.73 Å². The van der Waals surface area contributed by atoms with Crippen LogP contribution in [0, 0.1) is 12.7 Å². The summed E-state index contributed by atoms with van der Waals surface area (Å²) in [6, 6.07) is 10.1. The van der Waals surface area contributed by atoms with Crippen molar-refractivity contribution in [2.75, 3.05) is 0 Å². The van der Waals surface area contributed by atoms with Crippen molar-refractivity contribution >= 4 is 23.2 Å². The first-order chi connectivity index (χ1) is 8.97. The molecule has 100 valence electrons. The standard InChI is InChI=1S/C15H14Cl2FN/c1-9-5-11(7-12(16)6-9)14(19)8-10-3-2-4-13(18)15(10)17/h2-7,14H,8,19H2,1H3. The van der Waals surface area contributed by atoms with E-state index in [9.17, 15) is 4.39 Å². The van der Waals surface area contributed by atoms with Gasteiger partial charge in [-0.2, -0.15) is 0 Å². The van der Waals surface area contributed by atoms with Gasteiger partial charge in [0.2, 0.25) is 0 Å². The zero-order valence-corrected chi connectivity index (χ0v) is 12.0. The molecule has 2 aromatic rings. The summed E-state index contributed by atoms with van der Waals surface area (Å²) in [5.41, 5.74) is 8.81. The Morgan fingerprint density at radius 2 is 1.95 bits per heavy atom. The molecule has 1 nitrogen and oxygen atoms in total. The van der Waals surface area contributed by atoms with Gasteiger partial charge in [-0.05, 0) is 48.2 Å². The maximum absolute atomic E-state index is 13.4. The molecule has 2 N–H and O–H groups in total. The third-order valence-corrected chi connectivity index (χ3v) is 3.61. The molecule has 0 saturated carbocycles. The zero-order chi connectivity index (χ0) is 14.0. The topological polar surface area (TPSA) is 26.0 Å². The Hall–Kier alpha value is -1.09. The van der Waals surface area contributed by atoms with Crippen LogP contribution in [0.4, 0.5) is 4.39 Å². The molecule has 4 heteroatoms. The summed E-state index contributed by atoms with van der Waals surface area (Å²) in [4.78, 5) is 0. The maximum atomic E-state index is 13.4. The molecule has 0 aliphatic carbocycles. The van der Waals surface area contributed by atoms with Gasteiger partial charge in [0, 0.05) is 11.1 Å². The molecule has 0 heterocycles. The first-order valence-electron chi connectivity index (χ1n) is 5.93. The number of nitrogens with two attached hydrogens (primary N) is 1. The van der Waals surface area contributed by atoms with Crippen LogP contribution in [-0.2, 0) is 6.42 Å². The molecular formula is C15H14Cl2FN. The molecule has 0 aliphatic rings. The lowest BCUT2D eigenvalue weighted by atomic mass is 9.98. The summed E-state index contributed by atoms with van der Waals surface area (Å²) in [5.74, 6) is -0.423. The Labute approximate surface area is 122 Å². The van der Waals surface area contributed by atoms with Gasteiger partial charge in [0.25, 0.3) is 0 Å². The van der Waals surface area contributed by atoms with E-state index in [2.05, 4.69) is 0 Å². The van der Waals surface area contributed by atoms with E-state index in [1.165, 1.54) is 6.07 Å². The summed E-state index contributed by atoms with van der Waals surface area (Å²) in [6.45, 7) is 1.96. The molecule has 0 saturated heterocycles. The summed E-state index contributed by atoms with van der Waals surface area (Å²) in [6.07, 6.45) is 0.469. The molecule has 2 aromatic carbocycles. The molecule has 0 bridgehead atoms. The van der Waals surface area contributed by atoms with Crippen molar-refractivity contribution in [1.29, 1.82) is 0 Å². The number of hydrogen-bond donors (Lipinski definition) is 1. The number of hydrogen-bond acceptors (Lipinski definition) is 1. The van der Waals surface area contributed by atoms with Crippen LogP contribution in [0.2, 0.25) is 10.0 Å². The Kier molecular flexibility index (Phi) is 4.46. The second-order valence-corrected chi connectivity index (χ2v) is 5.40. The van der Waals surface area contributed by atoms with Gasteiger partial charge in [0.05, 0.1) is 5.02 Å². The highest BCUT2D eigenvalue weighted by atomic mass is 35.5. The summed E-state index contributed by atoms with van der Waals surface area (Å²) in [5, 5.41) is 0.785. The van der Waals surface area contributed by atoms with Gasteiger partial charge in [0.15, 0.2) is 0 Å². The fourth-order valence-electron chi connectivity index (χ4n) is 2.04. The zero-order valence-electron chi connectivity index (χ0n) is 10.5. The second-order valence-electron chi connectivity index (χ2n) is 4.59. The molecule has 0 aromatic heterocycles. The molecule has 0 radical (unpaired) electrons. The molecule has 19 heavy (non-hydrogen) atoms. The van der Waals surface area contributed by atoms with Crippen molar-refractivity contribution < 1.29 is 4.39 Å². The van der Waals surface area contributed by atoms with Crippen molar-refractivity contribution in [2.24, 2.45) is 5.73 Å². The van der Waals surface area contributed by atoms with E-state index in [1.807, 2.05) is 25.1 Å². The van der Waals surface area contributed by atoms with Crippen LogP contribution in [0.5, 0.6) is 0 Å². The Bertz CT molecular complexity index is 578. The molecule has 0 aliphatic heterocycles. The van der Waals surface area contributed by atoms with Crippen LogP contribution >= 0.6 is 23.2 Å². The molecule has 0 amide bonds. The predicted octanol–water partition coefficient (Wildman–Crippen LogP) is 4.68. The fourth-order valence-corrected chi connectivity index (χ4v) is 2.54. The number of halogens is 3. The highest BCUT2D eigenvalue weighted by Crippen LogP contribution is 2.26. The van der Waals surface area contributed by atoms with E-state index >= 15 is 0 Å². The van der Waals surface area contributed by atoms with Crippen molar-refractivity contribution in [3.8, 4) is 0 Å². The lowest BCUT2D eigenvalue weighted by Crippen LogP contribution is -2.14. The minimum Gasteiger partial charge on any atom is -0.324 e. The SMILES string of the molecule is Cc1cc(Cl)cc(C(N)Cc2cccc(F)c2Cl)c1. The van der Waals surface area contributed by atoms with E-state index < -0.39 is 5.82 Å². The molecule has 0 spiro atoms. The smallest absolute Gasteiger partial charge is 0.142 e. The van der Waals surface area contributed by atoms with Crippen molar-refractivity contribution in [3.05, 3.63) is 69.0 Å². The highest BCUT2D eigenvalue weighted by molar-refractivity contribution is 6.31. The van der Waals surface area contributed by atoms with E-state index in [-0.39, 0.29) is 11.1 Å². The Morgan fingerprint density at radius 3 is 2.63 bits per heavy atom. The quantitative estimate of drug-likeness (QED) is 0.874. The van der Waals surface area contributed by atoms with Gasteiger partial charge in [-0.3, -0.25) is 0 Å². The van der Waals surface area contributed by atoms with Crippen molar-refractivity contribution in [3.63, 3.8) is 0 Å². The van der Waals surface area contributed by atoms with Gasteiger partial charge in [-0.1, -0.05) is 41.4 Å². The third-order valence-electron chi connectivity index (χ3n) is 2.96. The minimum atomic E-state index is -0.423. The molecular weight excluding hydrogens is 284 g/mol.